The maximum atomic E-state index is 12.0. The molecule has 7 nitrogen and oxygen atoms in total. The fourth-order valence-corrected chi connectivity index (χ4v) is 1.42. The molecule has 0 N–H and O–H groups in total. The fraction of sp³-hybridized carbons (Fsp3) is 0.692. The van der Waals surface area contributed by atoms with Crippen LogP contribution in [0.2, 0.25) is 0 Å². The summed E-state index contributed by atoms with van der Waals surface area (Å²) in [7, 11) is 0. The van der Waals surface area contributed by atoms with Gasteiger partial charge >= 0.3 is 17.9 Å². The molecule has 0 bridgehead atoms. The van der Waals surface area contributed by atoms with Gasteiger partial charge in [-0.15, -0.1) is 0 Å². The van der Waals surface area contributed by atoms with Crippen molar-refractivity contribution in [1.29, 1.82) is 0 Å². The van der Waals surface area contributed by atoms with E-state index in [1.54, 1.807) is 13.8 Å². The van der Waals surface area contributed by atoms with E-state index in [9.17, 15) is 19.2 Å². The van der Waals surface area contributed by atoms with E-state index in [0.29, 0.717) is 0 Å². The lowest BCUT2D eigenvalue weighted by Crippen LogP contribution is -2.45. The smallest absolute Gasteiger partial charge is 0.303 e. The van der Waals surface area contributed by atoms with Crippen LogP contribution >= 0.6 is 0 Å². The number of ether oxygens (including phenoxy) is 3. The molecule has 0 aliphatic carbocycles. The Labute approximate surface area is 117 Å². The first kappa shape index (κ1) is 18.1. The van der Waals surface area contributed by atoms with E-state index in [1.807, 2.05) is 0 Å². The molecule has 0 rings (SSSR count). The van der Waals surface area contributed by atoms with Gasteiger partial charge in [0.25, 0.3) is 0 Å². The van der Waals surface area contributed by atoms with Gasteiger partial charge in [0.1, 0.15) is 6.61 Å². The Kier molecular flexibility index (Phi) is 7.49. The third kappa shape index (κ3) is 6.86. The zero-order valence-corrected chi connectivity index (χ0v) is 12.3. The molecule has 0 fully saturated rings. The second-order valence-corrected chi connectivity index (χ2v) is 4.54. The molecular formula is C13H20O7. The van der Waals surface area contributed by atoms with Gasteiger partial charge in [0.2, 0.25) is 0 Å². The fourth-order valence-electron chi connectivity index (χ4n) is 1.42. The van der Waals surface area contributed by atoms with Crippen molar-refractivity contribution in [2.75, 3.05) is 6.61 Å². The Balaban J connectivity index is 5.14. The molecule has 7 heteroatoms. The molecular weight excluding hydrogens is 268 g/mol. The molecule has 0 amide bonds. The number of Topliss-reactive ketones (excluding diaryl/α,β-unsaturated/α-hetero) is 1. The highest BCUT2D eigenvalue weighted by atomic mass is 16.6. The Morgan fingerprint density at radius 3 is 1.70 bits per heavy atom. The Bertz CT molecular complexity index is 386. The Morgan fingerprint density at radius 2 is 1.35 bits per heavy atom. The van der Waals surface area contributed by atoms with Crippen molar-refractivity contribution < 1.29 is 33.4 Å². The normalized spacial score (nSPS) is 13.3. The molecule has 0 aliphatic heterocycles. The summed E-state index contributed by atoms with van der Waals surface area (Å²) in [6.45, 7) is 6.34. The zero-order valence-electron chi connectivity index (χ0n) is 12.3. The molecule has 0 aliphatic rings. The number of carbonyl (C=O) groups excluding carboxylic acids is 4. The highest BCUT2D eigenvalue weighted by molar-refractivity contribution is 5.87. The minimum absolute atomic E-state index is 0.356. The van der Waals surface area contributed by atoms with Gasteiger partial charge in [-0.1, -0.05) is 13.8 Å². The molecule has 114 valence electrons. The van der Waals surface area contributed by atoms with Crippen LogP contribution < -0.4 is 0 Å². The van der Waals surface area contributed by atoms with Crippen LogP contribution in [0.25, 0.3) is 0 Å². The monoisotopic (exact) mass is 288 g/mol. The Hall–Kier alpha value is -1.92. The first-order valence-corrected chi connectivity index (χ1v) is 6.16. The van der Waals surface area contributed by atoms with Crippen molar-refractivity contribution in [3.8, 4) is 0 Å². The lowest BCUT2D eigenvalue weighted by atomic mass is 10.00. The van der Waals surface area contributed by atoms with Crippen molar-refractivity contribution >= 4 is 23.7 Å². The summed E-state index contributed by atoms with van der Waals surface area (Å²) in [5.41, 5.74) is 0. The Morgan fingerprint density at radius 1 is 0.850 bits per heavy atom. The first-order valence-electron chi connectivity index (χ1n) is 6.16. The molecule has 0 aromatic heterocycles. The number of hydrogen-bond acceptors (Lipinski definition) is 7. The third-order valence-corrected chi connectivity index (χ3v) is 2.25. The number of rotatable bonds is 7. The van der Waals surface area contributed by atoms with Crippen LogP contribution in [0.3, 0.4) is 0 Å². The molecule has 0 spiro atoms. The van der Waals surface area contributed by atoms with Crippen molar-refractivity contribution in [2.24, 2.45) is 5.92 Å². The van der Waals surface area contributed by atoms with Crippen LogP contribution in [-0.2, 0) is 33.4 Å². The van der Waals surface area contributed by atoms with E-state index in [0.717, 1.165) is 13.8 Å². The van der Waals surface area contributed by atoms with Gasteiger partial charge in [-0.25, -0.2) is 0 Å². The molecule has 0 heterocycles. The average Bonchev–Trinajstić information content (AvgIpc) is 2.29. The number of esters is 3. The lowest BCUT2D eigenvalue weighted by Gasteiger charge is -2.26. The van der Waals surface area contributed by atoms with E-state index in [4.69, 9.17) is 14.2 Å². The molecule has 0 saturated heterocycles. The highest BCUT2D eigenvalue weighted by Crippen LogP contribution is 2.13. The molecule has 2 atom stereocenters. The number of hydrogen-bond donors (Lipinski definition) is 0. The lowest BCUT2D eigenvalue weighted by molar-refractivity contribution is -0.177. The van der Waals surface area contributed by atoms with Crippen LogP contribution in [0.1, 0.15) is 34.6 Å². The summed E-state index contributed by atoms with van der Waals surface area (Å²) in [4.78, 5) is 45.0. The van der Waals surface area contributed by atoms with Crippen molar-refractivity contribution in [3.05, 3.63) is 0 Å². The molecule has 0 aromatic carbocycles. The molecule has 0 aromatic rings. The van der Waals surface area contributed by atoms with E-state index in [-0.39, 0.29) is 6.61 Å². The van der Waals surface area contributed by atoms with Gasteiger partial charge < -0.3 is 14.2 Å². The second kappa shape index (κ2) is 8.29. The molecule has 0 saturated carbocycles. The predicted molar refractivity (Wildman–Crippen MR) is 67.6 cm³/mol. The van der Waals surface area contributed by atoms with Crippen molar-refractivity contribution in [2.45, 2.75) is 46.8 Å². The minimum Gasteiger partial charge on any atom is -0.462 e. The summed E-state index contributed by atoms with van der Waals surface area (Å²) >= 11 is 0. The largest absolute Gasteiger partial charge is 0.462 e. The summed E-state index contributed by atoms with van der Waals surface area (Å²) in [6, 6.07) is 0. The minimum atomic E-state index is -1.30. The topological polar surface area (TPSA) is 96.0 Å². The number of carbonyl (C=O) groups is 4. The molecule has 0 radical (unpaired) electrons. The van der Waals surface area contributed by atoms with Crippen molar-refractivity contribution in [1.82, 2.24) is 0 Å². The SMILES string of the molecule is CC(=O)OC[C@H](OC(C)=O)[C@H](OC(C)=O)C(=O)C(C)C. The summed E-state index contributed by atoms with van der Waals surface area (Å²) in [5.74, 6) is -2.81. The van der Waals surface area contributed by atoms with Crippen molar-refractivity contribution in [3.63, 3.8) is 0 Å². The molecule has 0 unspecified atom stereocenters. The van der Waals surface area contributed by atoms with Gasteiger partial charge in [0.05, 0.1) is 0 Å². The average molecular weight is 288 g/mol. The highest BCUT2D eigenvalue weighted by Gasteiger charge is 2.35. The van der Waals surface area contributed by atoms with Gasteiger partial charge in [0, 0.05) is 26.7 Å². The zero-order chi connectivity index (χ0) is 15.9. The van der Waals surface area contributed by atoms with Crippen LogP contribution in [-0.4, -0.2) is 42.5 Å². The van der Waals surface area contributed by atoms with E-state index in [2.05, 4.69) is 0 Å². The van der Waals surface area contributed by atoms with Crippen LogP contribution in [0.4, 0.5) is 0 Å². The summed E-state index contributed by atoms with van der Waals surface area (Å²) in [5, 5.41) is 0. The van der Waals surface area contributed by atoms with Crippen LogP contribution in [0.15, 0.2) is 0 Å². The van der Waals surface area contributed by atoms with E-state index >= 15 is 0 Å². The number of ketones is 1. The summed E-state index contributed by atoms with van der Waals surface area (Å²) in [6.07, 6.45) is -2.45. The summed E-state index contributed by atoms with van der Waals surface area (Å²) < 4.78 is 14.6. The predicted octanol–water partition coefficient (Wildman–Crippen LogP) is 0.638. The van der Waals surface area contributed by atoms with Gasteiger partial charge in [0.15, 0.2) is 18.0 Å². The van der Waals surface area contributed by atoms with E-state index in [1.165, 1.54) is 6.92 Å². The van der Waals surface area contributed by atoms with E-state index < -0.39 is 41.8 Å². The van der Waals surface area contributed by atoms with Gasteiger partial charge in [-0.3, -0.25) is 19.2 Å². The second-order valence-electron chi connectivity index (χ2n) is 4.54. The maximum absolute atomic E-state index is 12.0. The first-order chi connectivity index (χ1) is 9.15. The van der Waals surface area contributed by atoms with Crippen LogP contribution in [0, 0.1) is 5.92 Å². The van der Waals surface area contributed by atoms with Gasteiger partial charge in [-0.05, 0) is 0 Å². The van der Waals surface area contributed by atoms with Crippen LogP contribution in [0.5, 0.6) is 0 Å². The quantitative estimate of drug-likeness (QED) is 0.501. The standard InChI is InChI=1S/C13H20O7/c1-7(2)12(17)13(20-10(5)16)11(19-9(4)15)6-18-8(3)14/h7,11,13H,6H2,1-5H3/t11-,13-/m0/s1. The third-order valence-electron chi connectivity index (χ3n) is 2.25. The molecule has 20 heavy (non-hydrogen) atoms. The maximum Gasteiger partial charge on any atom is 0.303 e. The van der Waals surface area contributed by atoms with Gasteiger partial charge in [-0.2, -0.15) is 0 Å².